The van der Waals surface area contributed by atoms with E-state index in [0.29, 0.717) is 23.7 Å². The first-order valence-corrected chi connectivity index (χ1v) is 8.61. The fourth-order valence-corrected chi connectivity index (χ4v) is 2.80. The van der Waals surface area contributed by atoms with Gasteiger partial charge >= 0.3 is 0 Å². The second kappa shape index (κ2) is 7.82. The lowest BCUT2D eigenvalue weighted by Gasteiger charge is -2.12. The molecule has 0 atom stereocenters. The number of hydrogen-bond donors (Lipinski definition) is 2. The highest BCUT2D eigenvalue weighted by Crippen LogP contribution is 2.25. The van der Waals surface area contributed by atoms with E-state index < -0.39 is 0 Å². The van der Waals surface area contributed by atoms with E-state index in [9.17, 15) is 4.79 Å². The van der Waals surface area contributed by atoms with E-state index in [1.165, 1.54) is 0 Å². The van der Waals surface area contributed by atoms with E-state index in [0.717, 1.165) is 23.4 Å². The van der Waals surface area contributed by atoms with Crippen LogP contribution in [0.1, 0.15) is 29.9 Å². The predicted molar refractivity (Wildman–Crippen MR) is 102 cm³/mol. The molecule has 0 aliphatic heterocycles. The van der Waals surface area contributed by atoms with Gasteiger partial charge in [0, 0.05) is 41.9 Å². The topological polar surface area (TPSA) is 85.8 Å². The fraction of sp³-hybridized carbons (Fsp3) is 0.250. The summed E-state index contributed by atoms with van der Waals surface area (Å²) in [6.45, 7) is 5.61. The Kier molecular flexibility index (Phi) is 5.31. The number of nitrogens with zero attached hydrogens (tertiary/aromatic N) is 3. The number of carbonyl (C=O) groups excluding carboxylic acids is 1. The Hall–Kier alpha value is -3.15. The van der Waals surface area contributed by atoms with Crippen molar-refractivity contribution >= 4 is 11.6 Å². The molecule has 0 fully saturated rings. The van der Waals surface area contributed by atoms with Crippen molar-refractivity contribution in [3.8, 4) is 11.1 Å². The van der Waals surface area contributed by atoms with Crippen LogP contribution in [-0.4, -0.2) is 20.4 Å². The maximum atomic E-state index is 12.6. The number of amides is 1. The molecule has 6 heteroatoms. The summed E-state index contributed by atoms with van der Waals surface area (Å²) in [4.78, 5) is 20.8. The molecular formula is C20H23N5O. The second-order valence-electron chi connectivity index (χ2n) is 6.66. The van der Waals surface area contributed by atoms with Gasteiger partial charge in [-0.25, -0.2) is 4.98 Å². The summed E-state index contributed by atoms with van der Waals surface area (Å²) in [6, 6.07) is 9.13. The van der Waals surface area contributed by atoms with Crippen molar-refractivity contribution in [3.05, 3.63) is 66.5 Å². The van der Waals surface area contributed by atoms with Crippen LogP contribution in [0.4, 0.5) is 5.69 Å². The van der Waals surface area contributed by atoms with Crippen molar-refractivity contribution in [2.24, 2.45) is 5.92 Å². The molecule has 1 amide bonds. The van der Waals surface area contributed by atoms with Gasteiger partial charge in [-0.3, -0.25) is 9.78 Å². The van der Waals surface area contributed by atoms with E-state index >= 15 is 0 Å². The van der Waals surface area contributed by atoms with Crippen molar-refractivity contribution in [1.82, 2.24) is 19.9 Å². The maximum absolute atomic E-state index is 12.6. The number of nitrogen functional groups attached to an aromatic ring is 1. The molecule has 0 aliphatic carbocycles. The van der Waals surface area contributed by atoms with Gasteiger partial charge in [0.25, 0.3) is 5.91 Å². The highest BCUT2D eigenvalue weighted by Gasteiger charge is 2.10. The number of rotatable bonds is 6. The zero-order valence-corrected chi connectivity index (χ0v) is 15.0. The third kappa shape index (κ3) is 4.08. The van der Waals surface area contributed by atoms with Crippen LogP contribution < -0.4 is 11.1 Å². The highest BCUT2D eigenvalue weighted by atomic mass is 16.1. The number of imidazole rings is 1. The average Bonchev–Trinajstić information content (AvgIpc) is 3.06. The van der Waals surface area contributed by atoms with Gasteiger partial charge in [-0.2, -0.15) is 0 Å². The van der Waals surface area contributed by atoms with Gasteiger partial charge in [-0.05, 0) is 29.7 Å². The van der Waals surface area contributed by atoms with Crippen LogP contribution in [-0.2, 0) is 13.1 Å². The van der Waals surface area contributed by atoms with Crippen LogP contribution in [0, 0.1) is 5.92 Å². The first kappa shape index (κ1) is 17.7. The number of nitrogens with one attached hydrogen (secondary N) is 1. The molecule has 0 aliphatic rings. The van der Waals surface area contributed by atoms with Crippen LogP contribution >= 0.6 is 0 Å². The molecule has 2 heterocycles. The standard InChI is InChI=1S/C20H23N5O/c1-14(2)12-25-13-23-9-17(25)10-24-20(26)16-5-3-4-15(8-16)18-11-22-7-6-19(18)21/h3-9,11,13-14H,10,12H2,1-2H3,(H2,21,22)(H,24,26). The summed E-state index contributed by atoms with van der Waals surface area (Å²) in [6.07, 6.45) is 6.94. The van der Waals surface area contributed by atoms with E-state index in [1.54, 1.807) is 37.1 Å². The molecule has 0 spiro atoms. The van der Waals surface area contributed by atoms with Crippen LogP contribution in [0.3, 0.4) is 0 Å². The smallest absolute Gasteiger partial charge is 0.251 e. The van der Waals surface area contributed by atoms with Gasteiger partial charge in [-0.15, -0.1) is 0 Å². The number of benzene rings is 1. The number of hydrogen-bond acceptors (Lipinski definition) is 4. The fourth-order valence-electron chi connectivity index (χ4n) is 2.80. The summed E-state index contributed by atoms with van der Waals surface area (Å²) in [5.74, 6) is 0.381. The minimum atomic E-state index is -0.133. The van der Waals surface area contributed by atoms with E-state index in [-0.39, 0.29) is 5.91 Å². The summed E-state index contributed by atoms with van der Waals surface area (Å²) in [5, 5.41) is 2.96. The molecule has 0 saturated heterocycles. The molecule has 0 radical (unpaired) electrons. The lowest BCUT2D eigenvalue weighted by molar-refractivity contribution is 0.0950. The lowest BCUT2D eigenvalue weighted by Crippen LogP contribution is -2.24. The van der Waals surface area contributed by atoms with Crippen molar-refractivity contribution in [2.75, 3.05) is 5.73 Å². The summed E-state index contributed by atoms with van der Waals surface area (Å²) in [5.41, 5.74) is 9.90. The van der Waals surface area contributed by atoms with Gasteiger partial charge in [0.1, 0.15) is 0 Å². The van der Waals surface area contributed by atoms with Gasteiger partial charge in [0.2, 0.25) is 0 Å². The zero-order chi connectivity index (χ0) is 18.5. The number of carbonyl (C=O) groups is 1. The zero-order valence-electron chi connectivity index (χ0n) is 15.0. The SMILES string of the molecule is CC(C)Cn1cncc1CNC(=O)c1cccc(-c2cnccc2N)c1. The summed E-state index contributed by atoms with van der Waals surface area (Å²) >= 11 is 0. The highest BCUT2D eigenvalue weighted by molar-refractivity contribution is 5.95. The molecule has 3 aromatic rings. The third-order valence-corrected chi connectivity index (χ3v) is 4.08. The first-order valence-electron chi connectivity index (χ1n) is 8.61. The van der Waals surface area contributed by atoms with Crippen molar-refractivity contribution < 1.29 is 4.79 Å². The van der Waals surface area contributed by atoms with Gasteiger partial charge < -0.3 is 15.6 Å². The number of pyridine rings is 1. The number of anilines is 1. The minimum Gasteiger partial charge on any atom is -0.398 e. The van der Waals surface area contributed by atoms with Crippen LogP contribution in [0.2, 0.25) is 0 Å². The van der Waals surface area contributed by atoms with Crippen molar-refractivity contribution in [1.29, 1.82) is 0 Å². The van der Waals surface area contributed by atoms with Crippen molar-refractivity contribution in [2.45, 2.75) is 26.9 Å². The number of nitrogens with two attached hydrogens (primary N) is 1. The Morgan fingerprint density at radius 2 is 2.08 bits per heavy atom. The molecule has 6 nitrogen and oxygen atoms in total. The molecule has 134 valence electrons. The summed E-state index contributed by atoms with van der Waals surface area (Å²) in [7, 11) is 0. The van der Waals surface area contributed by atoms with Crippen LogP contribution in [0.15, 0.2) is 55.2 Å². The van der Waals surface area contributed by atoms with E-state index in [4.69, 9.17) is 5.73 Å². The van der Waals surface area contributed by atoms with Gasteiger partial charge in [-0.1, -0.05) is 26.0 Å². The third-order valence-electron chi connectivity index (χ3n) is 4.08. The molecule has 1 aromatic carbocycles. The van der Waals surface area contributed by atoms with E-state index in [1.807, 2.05) is 18.2 Å². The quantitative estimate of drug-likeness (QED) is 0.716. The predicted octanol–water partition coefficient (Wildman–Crippen LogP) is 3.11. The molecule has 3 rings (SSSR count). The Labute approximate surface area is 153 Å². The molecular weight excluding hydrogens is 326 g/mol. The monoisotopic (exact) mass is 349 g/mol. The molecule has 3 N–H and O–H groups in total. The first-order chi connectivity index (χ1) is 12.5. The number of aromatic nitrogens is 3. The van der Waals surface area contributed by atoms with E-state index in [2.05, 4.69) is 33.7 Å². The Morgan fingerprint density at radius 3 is 2.85 bits per heavy atom. The Bertz CT molecular complexity index is 900. The van der Waals surface area contributed by atoms with Crippen LogP contribution in [0.5, 0.6) is 0 Å². The summed E-state index contributed by atoms with van der Waals surface area (Å²) < 4.78 is 2.07. The minimum absolute atomic E-state index is 0.133. The molecule has 26 heavy (non-hydrogen) atoms. The van der Waals surface area contributed by atoms with Gasteiger partial charge in [0.05, 0.1) is 18.6 Å². The van der Waals surface area contributed by atoms with Gasteiger partial charge in [0.15, 0.2) is 0 Å². The van der Waals surface area contributed by atoms with Crippen LogP contribution in [0.25, 0.3) is 11.1 Å². The molecule has 0 unspecified atom stereocenters. The average molecular weight is 349 g/mol. The maximum Gasteiger partial charge on any atom is 0.251 e. The second-order valence-corrected chi connectivity index (χ2v) is 6.66. The normalized spacial score (nSPS) is 10.9. The Balaban J connectivity index is 1.72. The Morgan fingerprint density at radius 1 is 1.23 bits per heavy atom. The molecule has 0 bridgehead atoms. The molecule has 0 saturated carbocycles. The van der Waals surface area contributed by atoms with Crippen molar-refractivity contribution in [3.63, 3.8) is 0 Å². The largest absolute Gasteiger partial charge is 0.398 e. The molecule has 2 aromatic heterocycles. The lowest BCUT2D eigenvalue weighted by atomic mass is 10.0.